The van der Waals surface area contributed by atoms with Gasteiger partial charge >= 0.3 is 5.97 Å². The van der Waals surface area contributed by atoms with Crippen molar-refractivity contribution in [2.75, 3.05) is 14.2 Å². The molecule has 0 radical (unpaired) electrons. The Labute approximate surface area is 161 Å². The van der Waals surface area contributed by atoms with Crippen LogP contribution in [0.15, 0.2) is 36.4 Å². The first-order chi connectivity index (χ1) is 13.0. The summed E-state index contributed by atoms with van der Waals surface area (Å²) >= 11 is 6.42. The van der Waals surface area contributed by atoms with Crippen molar-refractivity contribution in [3.63, 3.8) is 0 Å². The monoisotopic (exact) mass is 383 g/mol. The molecule has 27 heavy (non-hydrogen) atoms. The quantitative estimate of drug-likeness (QED) is 0.631. The highest BCUT2D eigenvalue weighted by Gasteiger charge is 2.28. The number of methoxy groups -OCH3 is 2. The predicted octanol–water partition coefficient (Wildman–Crippen LogP) is 4.27. The topological polar surface area (TPSA) is 57.5 Å². The van der Waals surface area contributed by atoms with E-state index in [2.05, 4.69) is 0 Å². The molecule has 2 aromatic carbocycles. The lowest BCUT2D eigenvalue weighted by Gasteiger charge is -2.12. The van der Waals surface area contributed by atoms with Crippen LogP contribution in [0, 0.1) is 0 Å². The van der Waals surface area contributed by atoms with E-state index < -0.39 is 5.97 Å². The number of benzene rings is 2. The van der Waals surface area contributed by atoms with E-state index >= 15 is 0 Å². The Morgan fingerprint density at radius 3 is 2.67 bits per heavy atom. The number of ether oxygens (including phenoxy) is 2. The van der Waals surface area contributed by atoms with Crippen molar-refractivity contribution in [2.45, 2.75) is 19.4 Å². The molecule has 0 atom stereocenters. The third-order valence-electron chi connectivity index (χ3n) is 5.05. The number of fused-ring (bicyclic) bond motifs is 3. The summed E-state index contributed by atoms with van der Waals surface area (Å²) in [5, 5.41) is 1.56. The first kappa shape index (κ1) is 17.6. The zero-order valence-electron chi connectivity index (χ0n) is 15.0. The highest BCUT2D eigenvalue weighted by molar-refractivity contribution is 6.31. The molecule has 0 amide bonds. The van der Waals surface area contributed by atoms with Gasteiger partial charge in [-0.15, -0.1) is 0 Å². The molecule has 1 aliphatic rings. The number of carbonyl (C=O) groups excluding carboxylic acids is 2. The zero-order valence-corrected chi connectivity index (χ0v) is 15.8. The van der Waals surface area contributed by atoms with Crippen LogP contribution in [0.5, 0.6) is 5.75 Å². The molecule has 0 saturated carbocycles. The summed E-state index contributed by atoms with van der Waals surface area (Å²) in [5.41, 5.74) is 3.91. The van der Waals surface area contributed by atoms with E-state index in [4.69, 9.17) is 21.1 Å². The van der Waals surface area contributed by atoms with Gasteiger partial charge in [-0.2, -0.15) is 0 Å². The number of aryl methyl sites for hydroxylation is 1. The summed E-state index contributed by atoms with van der Waals surface area (Å²) in [6.07, 6.45) is 1.22. The maximum atomic E-state index is 12.5. The second-order valence-corrected chi connectivity index (χ2v) is 6.92. The number of hydrogen-bond acceptors (Lipinski definition) is 4. The van der Waals surface area contributed by atoms with Crippen molar-refractivity contribution in [2.24, 2.45) is 0 Å². The molecule has 1 heterocycles. The van der Waals surface area contributed by atoms with Crippen LogP contribution in [-0.2, 0) is 17.7 Å². The van der Waals surface area contributed by atoms with Crippen molar-refractivity contribution in [1.29, 1.82) is 0 Å². The Bertz CT molecular complexity index is 1080. The molecule has 4 rings (SSSR count). The summed E-state index contributed by atoms with van der Waals surface area (Å²) in [6, 6.07) is 10.9. The van der Waals surface area contributed by atoms with Crippen LogP contribution in [0.3, 0.4) is 0 Å². The lowest BCUT2D eigenvalue weighted by atomic mass is 10.1. The smallest absolute Gasteiger partial charge is 0.337 e. The third kappa shape index (κ3) is 2.88. The van der Waals surface area contributed by atoms with Gasteiger partial charge in [0.25, 0.3) is 0 Å². The normalized spacial score (nSPS) is 13.1. The van der Waals surface area contributed by atoms with Crippen molar-refractivity contribution in [3.8, 4) is 5.75 Å². The van der Waals surface area contributed by atoms with E-state index in [0.29, 0.717) is 41.4 Å². The zero-order chi connectivity index (χ0) is 19.1. The van der Waals surface area contributed by atoms with Crippen LogP contribution in [0.25, 0.3) is 10.9 Å². The fourth-order valence-electron chi connectivity index (χ4n) is 3.71. The van der Waals surface area contributed by atoms with Crippen molar-refractivity contribution in [3.05, 3.63) is 63.8 Å². The molecule has 0 spiro atoms. The average Bonchev–Trinajstić information content (AvgIpc) is 3.21. The van der Waals surface area contributed by atoms with Gasteiger partial charge in [-0.05, 0) is 41.8 Å². The second-order valence-electron chi connectivity index (χ2n) is 6.52. The molecule has 0 bridgehead atoms. The summed E-state index contributed by atoms with van der Waals surface area (Å²) in [4.78, 5) is 24.5. The molecule has 1 aromatic heterocycles. The van der Waals surface area contributed by atoms with E-state index in [-0.39, 0.29) is 5.78 Å². The maximum absolute atomic E-state index is 12.5. The second kappa shape index (κ2) is 6.74. The van der Waals surface area contributed by atoms with Gasteiger partial charge in [0.15, 0.2) is 5.78 Å². The average molecular weight is 384 g/mol. The van der Waals surface area contributed by atoms with E-state index in [1.54, 1.807) is 25.3 Å². The highest BCUT2D eigenvalue weighted by atomic mass is 35.5. The van der Waals surface area contributed by atoms with Gasteiger partial charge in [-0.1, -0.05) is 23.7 Å². The lowest BCUT2D eigenvalue weighted by Crippen LogP contribution is -2.09. The van der Waals surface area contributed by atoms with Gasteiger partial charge in [-0.3, -0.25) is 4.79 Å². The molecule has 0 saturated heterocycles. The molecule has 0 fully saturated rings. The fraction of sp³-hybridized carbons (Fsp3) is 0.238. The molecule has 3 aromatic rings. The molecule has 6 heteroatoms. The van der Waals surface area contributed by atoms with Crippen LogP contribution >= 0.6 is 11.6 Å². The van der Waals surface area contributed by atoms with E-state index in [0.717, 1.165) is 22.0 Å². The molecule has 0 N–H and O–H groups in total. The first-order valence-corrected chi connectivity index (χ1v) is 9.00. The number of nitrogens with zero attached hydrogens (tertiary/aromatic N) is 1. The first-order valence-electron chi connectivity index (χ1n) is 8.62. The van der Waals surface area contributed by atoms with Crippen LogP contribution in [0.2, 0.25) is 5.02 Å². The number of halogens is 1. The van der Waals surface area contributed by atoms with Gasteiger partial charge in [0.1, 0.15) is 5.75 Å². The number of rotatable bonds is 4. The van der Waals surface area contributed by atoms with Crippen LogP contribution < -0.4 is 4.74 Å². The van der Waals surface area contributed by atoms with Crippen molar-refractivity contribution < 1.29 is 19.1 Å². The van der Waals surface area contributed by atoms with Crippen LogP contribution in [0.1, 0.15) is 38.4 Å². The molecular weight excluding hydrogens is 366 g/mol. The van der Waals surface area contributed by atoms with E-state index in [9.17, 15) is 9.59 Å². The van der Waals surface area contributed by atoms with Gasteiger partial charge in [0.2, 0.25) is 0 Å². The molecule has 1 aliphatic carbocycles. The summed E-state index contributed by atoms with van der Waals surface area (Å²) < 4.78 is 12.0. The largest absolute Gasteiger partial charge is 0.497 e. The summed E-state index contributed by atoms with van der Waals surface area (Å²) in [7, 11) is 2.94. The standard InChI is InChI=1S/C21H18ClNO4/c1-26-14-5-3-13(17(22)10-14)11-23-18-9-12(21(25)27-2)4-6-15(18)16-7-8-19(24)20(16)23/h3-6,9-10H,7-8,11H2,1-2H3. The Morgan fingerprint density at radius 1 is 1.15 bits per heavy atom. The molecular formula is C21H18ClNO4. The SMILES string of the molecule is COC(=O)c1ccc2c3c(n(Cc4ccc(OC)cc4Cl)c2c1)C(=O)CC3. The molecule has 0 aliphatic heterocycles. The Morgan fingerprint density at radius 2 is 1.96 bits per heavy atom. The molecule has 0 unspecified atom stereocenters. The minimum absolute atomic E-state index is 0.116. The lowest BCUT2D eigenvalue weighted by molar-refractivity contribution is 0.0600. The minimum Gasteiger partial charge on any atom is -0.497 e. The Balaban J connectivity index is 1.89. The van der Waals surface area contributed by atoms with E-state index in [1.165, 1.54) is 7.11 Å². The maximum Gasteiger partial charge on any atom is 0.337 e. The number of esters is 1. The van der Waals surface area contributed by atoms with Crippen molar-refractivity contribution in [1.82, 2.24) is 4.57 Å². The number of aromatic nitrogens is 1. The Hall–Kier alpha value is -2.79. The molecule has 138 valence electrons. The fourth-order valence-corrected chi connectivity index (χ4v) is 3.94. The summed E-state index contributed by atoms with van der Waals surface area (Å²) in [5.74, 6) is 0.388. The predicted molar refractivity (Wildman–Crippen MR) is 103 cm³/mol. The van der Waals surface area contributed by atoms with Crippen LogP contribution in [0.4, 0.5) is 0 Å². The van der Waals surface area contributed by atoms with Crippen LogP contribution in [-0.4, -0.2) is 30.5 Å². The van der Waals surface area contributed by atoms with Gasteiger partial charge in [-0.25, -0.2) is 4.79 Å². The molecule has 5 nitrogen and oxygen atoms in total. The number of Topliss-reactive ketones (excluding diaryl/α,β-unsaturated/α-hetero) is 1. The summed E-state index contributed by atoms with van der Waals surface area (Å²) in [6.45, 7) is 0.436. The third-order valence-corrected chi connectivity index (χ3v) is 5.40. The van der Waals surface area contributed by atoms with Gasteiger partial charge in [0.05, 0.1) is 31.0 Å². The van der Waals surface area contributed by atoms with Crippen molar-refractivity contribution >= 4 is 34.3 Å². The van der Waals surface area contributed by atoms with E-state index in [1.807, 2.05) is 22.8 Å². The number of hydrogen-bond donors (Lipinski definition) is 0. The van der Waals surface area contributed by atoms with Gasteiger partial charge in [0, 0.05) is 23.4 Å². The minimum atomic E-state index is -0.404. The Kier molecular flexibility index (Phi) is 4.40. The highest BCUT2D eigenvalue weighted by Crippen LogP contribution is 2.35. The van der Waals surface area contributed by atoms with Gasteiger partial charge < -0.3 is 14.0 Å². The number of carbonyl (C=O) groups is 2. The number of ketones is 1.